The summed E-state index contributed by atoms with van der Waals surface area (Å²) in [4.78, 5) is 0. The zero-order valence-electron chi connectivity index (χ0n) is 7.72. The molecule has 0 spiro atoms. The van der Waals surface area contributed by atoms with Crippen molar-refractivity contribution < 1.29 is 48.2 Å². The van der Waals surface area contributed by atoms with Crippen molar-refractivity contribution in [2.75, 3.05) is 7.11 Å². The Balaban J connectivity index is 0. The minimum absolute atomic E-state index is 0. The molecule has 1 aromatic carbocycles. The number of methoxy groups -OCH3 is 1. The van der Waals surface area contributed by atoms with E-state index in [1.807, 2.05) is 24.3 Å². The van der Waals surface area contributed by atoms with Gasteiger partial charge < -0.3 is 28.7 Å². The molecule has 3 heteroatoms. The summed E-state index contributed by atoms with van der Waals surface area (Å²) in [6.45, 7) is 3.55. The van der Waals surface area contributed by atoms with Crippen LogP contribution in [0.3, 0.4) is 0 Å². The Morgan fingerprint density at radius 1 is 1.46 bits per heavy atom. The van der Waals surface area contributed by atoms with Crippen LogP contribution >= 0.6 is 0 Å². The van der Waals surface area contributed by atoms with Crippen LogP contribution in [0.1, 0.15) is 5.56 Å². The molecular formula is C10H11IOZn-. The summed E-state index contributed by atoms with van der Waals surface area (Å²) in [5.74, 6) is 0.887. The average Bonchev–Trinajstić information content (AvgIpc) is 2.06. The maximum absolute atomic E-state index is 5.05. The fraction of sp³-hybridized carbons (Fsp3) is 0.200. The Morgan fingerprint density at radius 3 is 2.69 bits per heavy atom. The fourth-order valence-electron chi connectivity index (χ4n) is 0.927. The second-order valence-electron chi connectivity index (χ2n) is 2.28. The Morgan fingerprint density at radius 2 is 2.15 bits per heavy atom. The molecule has 0 saturated carbocycles. The topological polar surface area (TPSA) is 9.23 Å². The van der Waals surface area contributed by atoms with Gasteiger partial charge in [-0.15, -0.1) is 0 Å². The normalized spacial score (nSPS) is 7.77. The van der Waals surface area contributed by atoms with Crippen molar-refractivity contribution >= 4 is 0 Å². The number of halogens is 1. The second-order valence-corrected chi connectivity index (χ2v) is 2.28. The second kappa shape index (κ2) is 8.70. The number of allylic oxidation sites excluding steroid dienone is 1. The van der Waals surface area contributed by atoms with Gasteiger partial charge in [0.25, 0.3) is 0 Å². The molecule has 0 fully saturated rings. The molecule has 0 amide bonds. The zero-order chi connectivity index (χ0) is 8.10. The molecule has 1 nitrogen and oxygen atoms in total. The van der Waals surface area contributed by atoms with Crippen molar-refractivity contribution in [3.8, 4) is 5.75 Å². The van der Waals surface area contributed by atoms with Crippen LogP contribution in [0, 0.1) is 6.08 Å². The van der Waals surface area contributed by atoms with Gasteiger partial charge >= 0.3 is 0 Å². The largest absolute Gasteiger partial charge is 1.00 e. The van der Waals surface area contributed by atoms with E-state index >= 15 is 0 Å². The maximum atomic E-state index is 5.05. The summed E-state index contributed by atoms with van der Waals surface area (Å²) in [5, 5.41) is 0. The molecule has 0 unspecified atom stereocenters. The van der Waals surface area contributed by atoms with Gasteiger partial charge in [0.15, 0.2) is 0 Å². The van der Waals surface area contributed by atoms with Gasteiger partial charge in [-0.05, 0) is 30.2 Å². The molecule has 0 N–H and O–H groups in total. The van der Waals surface area contributed by atoms with Gasteiger partial charge in [-0.2, -0.15) is 0 Å². The molecule has 0 aliphatic heterocycles. The van der Waals surface area contributed by atoms with E-state index in [1.54, 1.807) is 7.11 Å². The van der Waals surface area contributed by atoms with Crippen molar-refractivity contribution in [3.05, 3.63) is 42.5 Å². The number of benzene rings is 1. The first kappa shape index (κ1) is 15.6. The summed E-state index contributed by atoms with van der Waals surface area (Å²) in [6.07, 6.45) is 3.60. The minimum atomic E-state index is 0. The Kier molecular flexibility index (Phi) is 10.4. The Bertz CT molecular complexity index is 250. The molecule has 0 heterocycles. The molecule has 1 aromatic rings. The van der Waals surface area contributed by atoms with E-state index in [0.29, 0.717) is 0 Å². The molecule has 67 valence electrons. The van der Waals surface area contributed by atoms with Crippen LogP contribution in [-0.4, -0.2) is 7.11 Å². The van der Waals surface area contributed by atoms with E-state index in [2.05, 4.69) is 12.7 Å². The third-order valence-electron chi connectivity index (χ3n) is 1.46. The maximum Gasteiger partial charge on any atom is 0.119 e. The van der Waals surface area contributed by atoms with Crippen molar-refractivity contribution in [2.24, 2.45) is 0 Å². The zero-order valence-corrected chi connectivity index (χ0v) is 12.8. The first-order valence-corrected chi connectivity index (χ1v) is 3.49. The number of hydrogen-bond donors (Lipinski definition) is 0. The Hall–Kier alpha value is 0.113. The van der Waals surface area contributed by atoms with Gasteiger partial charge in [-0.3, -0.25) is 0 Å². The molecular weight excluding hydrogens is 328 g/mol. The molecule has 1 radical (unpaired) electrons. The SMILES string of the molecule is C=[C]Cc1cccc(OC)c1.[I-].[Zn]. The van der Waals surface area contributed by atoms with Gasteiger partial charge in [-0.25, -0.2) is 0 Å². The van der Waals surface area contributed by atoms with Crippen LogP contribution in [0.4, 0.5) is 0 Å². The molecule has 0 aliphatic rings. The third kappa shape index (κ3) is 5.42. The van der Waals surface area contributed by atoms with Crippen LogP contribution in [0.15, 0.2) is 30.8 Å². The molecule has 0 aliphatic carbocycles. The van der Waals surface area contributed by atoms with Gasteiger partial charge in [0.1, 0.15) is 5.75 Å². The van der Waals surface area contributed by atoms with Crippen molar-refractivity contribution in [3.63, 3.8) is 0 Å². The monoisotopic (exact) mass is 338 g/mol. The summed E-state index contributed by atoms with van der Waals surface area (Å²) in [7, 11) is 1.66. The van der Waals surface area contributed by atoms with Crippen LogP contribution in [0.2, 0.25) is 0 Å². The van der Waals surface area contributed by atoms with Crippen molar-refractivity contribution in [1.82, 2.24) is 0 Å². The van der Waals surface area contributed by atoms with E-state index < -0.39 is 0 Å². The van der Waals surface area contributed by atoms with Gasteiger partial charge in [0.05, 0.1) is 7.11 Å². The van der Waals surface area contributed by atoms with Crippen LogP contribution in [0.25, 0.3) is 0 Å². The predicted molar refractivity (Wildman–Crippen MR) is 45.6 cm³/mol. The number of hydrogen-bond acceptors (Lipinski definition) is 1. The summed E-state index contributed by atoms with van der Waals surface area (Å²) in [6, 6.07) is 7.90. The molecule has 0 atom stereocenters. The summed E-state index contributed by atoms with van der Waals surface area (Å²) >= 11 is 0. The van der Waals surface area contributed by atoms with Gasteiger partial charge in [-0.1, -0.05) is 18.7 Å². The van der Waals surface area contributed by atoms with Crippen LogP contribution < -0.4 is 28.7 Å². The van der Waals surface area contributed by atoms with E-state index in [-0.39, 0.29) is 43.5 Å². The first-order valence-electron chi connectivity index (χ1n) is 3.49. The van der Waals surface area contributed by atoms with E-state index in [1.165, 1.54) is 5.56 Å². The van der Waals surface area contributed by atoms with Crippen LogP contribution in [0.5, 0.6) is 5.75 Å². The molecule has 0 bridgehead atoms. The molecule has 1 rings (SSSR count). The van der Waals surface area contributed by atoms with Gasteiger partial charge in [0.2, 0.25) is 0 Å². The first-order chi connectivity index (χ1) is 5.36. The smallest absolute Gasteiger partial charge is 0.119 e. The van der Waals surface area contributed by atoms with E-state index in [9.17, 15) is 0 Å². The molecule has 0 saturated heterocycles. The van der Waals surface area contributed by atoms with Gasteiger partial charge in [0, 0.05) is 19.5 Å². The van der Waals surface area contributed by atoms with E-state index in [4.69, 9.17) is 4.74 Å². The molecule has 0 aromatic heterocycles. The van der Waals surface area contributed by atoms with E-state index in [0.717, 1.165) is 12.2 Å². The minimum Gasteiger partial charge on any atom is -1.00 e. The standard InChI is InChI=1S/C10H11O.HI.Zn/c1-3-5-9-6-4-7-10(8-9)11-2;;/h4,6-8H,1,5H2,2H3;1H;/p-1. The number of ether oxygens (including phenoxy) is 1. The summed E-state index contributed by atoms with van der Waals surface area (Å²) in [5.41, 5.74) is 1.18. The van der Waals surface area contributed by atoms with Crippen molar-refractivity contribution in [2.45, 2.75) is 6.42 Å². The quantitative estimate of drug-likeness (QED) is 0.519. The average molecular weight is 339 g/mol. The molecule has 13 heavy (non-hydrogen) atoms. The predicted octanol–water partition coefficient (Wildman–Crippen LogP) is -0.772. The summed E-state index contributed by atoms with van der Waals surface area (Å²) < 4.78 is 5.05. The number of rotatable bonds is 3. The third-order valence-corrected chi connectivity index (χ3v) is 1.46. The van der Waals surface area contributed by atoms with Crippen molar-refractivity contribution in [1.29, 1.82) is 0 Å². The van der Waals surface area contributed by atoms with Crippen LogP contribution in [-0.2, 0) is 25.9 Å². The fourth-order valence-corrected chi connectivity index (χ4v) is 0.927. The Labute approximate surface area is 109 Å².